The van der Waals surface area contributed by atoms with Crippen LogP contribution in [0.1, 0.15) is 19.3 Å². The van der Waals surface area contributed by atoms with E-state index in [4.69, 9.17) is 16.3 Å². The number of urea groups is 1. The SMILES string of the molecule is O=C(Nc1ccc(Cl)c([N+](=O)[O-])c1)N1CCC(N2CCCOC2=O)CC1. The number of hydrogen-bond acceptors (Lipinski definition) is 5. The second-order valence-corrected chi connectivity index (χ2v) is 6.64. The van der Waals surface area contributed by atoms with Crippen LogP contribution >= 0.6 is 11.6 Å². The fourth-order valence-corrected chi connectivity index (χ4v) is 3.40. The Hall–Kier alpha value is -2.55. The van der Waals surface area contributed by atoms with Crippen molar-refractivity contribution in [3.63, 3.8) is 0 Å². The lowest BCUT2D eigenvalue weighted by molar-refractivity contribution is -0.384. The molecule has 3 rings (SSSR count). The summed E-state index contributed by atoms with van der Waals surface area (Å²) < 4.78 is 5.07. The zero-order chi connectivity index (χ0) is 18.7. The van der Waals surface area contributed by atoms with Gasteiger partial charge in [-0.05, 0) is 31.4 Å². The molecule has 0 radical (unpaired) electrons. The molecule has 2 aliphatic heterocycles. The number of nitro benzene ring substituents is 1. The average Bonchev–Trinajstić information content (AvgIpc) is 2.63. The second kappa shape index (κ2) is 7.77. The van der Waals surface area contributed by atoms with E-state index >= 15 is 0 Å². The molecule has 0 aliphatic carbocycles. The molecule has 10 heteroatoms. The number of carbonyl (C=O) groups excluding carboxylic acids is 2. The first-order chi connectivity index (χ1) is 12.5. The summed E-state index contributed by atoms with van der Waals surface area (Å²) in [7, 11) is 0. The Morgan fingerprint density at radius 1 is 1.31 bits per heavy atom. The molecule has 140 valence electrons. The van der Waals surface area contributed by atoms with Crippen molar-refractivity contribution in [3.8, 4) is 0 Å². The minimum atomic E-state index is -0.596. The molecule has 1 aromatic carbocycles. The molecule has 3 amide bonds. The second-order valence-electron chi connectivity index (χ2n) is 6.23. The number of nitrogens with zero attached hydrogens (tertiary/aromatic N) is 3. The van der Waals surface area contributed by atoms with Crippen LogP contribution in [0, 0.1) is 10.1 Å². The van der Waals surface area contributed by atoms with Gasteiger partial charge in [0.2, 0.25) is 0 Å². The van der Waals surface area contributed by atoms with Gasteiger partial charge in [-0.25, -0.2) is 9.59 Å². The molecule has 2 aliphatic rings. The number of rotatable bonds is 3. The van der Waals surface area contributed by atoms with Gasteiger partial charge < -0.3 is 19.9 Å². The van der Waals surface area contributed by atoms with E-state index in [0.29, 0.717) is 44.8 Å². The molecule has 0 atom stereocenters. The van der Waals surface area contributed by atoms with E-state index in [0.717, 1.165) is 6.42 Å². The number of nitro groups is 1. The number of hydrogen-bond donors (Lipinski definition) is 1. The molecule has 0 spiro atoms. The topological polar surface area (TPSA) is 105 Å². The van der Waals surface area contributed by atoms with Crippen LogP contribution in [0.3, 0.4) is 0 Å². The molecule has 0 aromatic heterocycles. The van der Waals surface area contributed by atoms with Gasteiger partial charge in [-0.1, -0.05) is 11.6 Å². The highest BCUT2D eigenvalue weighted by Gasteiger charge is 2.32. The summed E-state index contributed by atoms with van der Waals surface area (Å²) in [6.07, 6.45) is 1.88. The van der Waals surface area contributed by atoms with Crippen LogP contribution in [-0.4, -0.2) is 59.1 Å². The van der Waals surface area contributed by atoms with Gasteiger partial charge in [0.05, 0.1) is 11.5 Å². The van der Waals surface area contributed by atoms with Crippen molar-refractivity contribution < 1.29 is 19.2 Å². The van der Waals surface area contributed by atoms with Gasteiger partial charge in [0.15, 0.2) is 0 Å². The summed E-state index contributed by atoms with van der Waals surface area (Å²) in [6.45, 7) is 2.14. The summed E-state index contributed by atoms with van der Waals surface area (Å²) in [6, 6.07) is 3.87. The fraction of sp³-hybridized carbons (Fsp3) is 0.500. The third kappa shape index (κ3) is 3.98. The Bertz CT molecular complexity index is 721. The van der Waals surface area contributed by atoms with Crippen LogP contribution in [0.2, 0.25) is 5.02 Å². The lowest BCUT2D eigenvalue weighted by atomic mass is 10.0. The van der Waals surface area contributed by atoms with Gasteiger partial charge in [0.1, 0.15) is 5.02 Å². The predicted octanol–water partition coefficient (Wildman–Crippen LogP) is 3.09. The van der Waals surface area contributed by atoms with Crippen molar-refractivity contribution in [1.29, 1.82) is 0 Å². The van der Waals surface area contributed by atoms with Crippen LogP contribution in [0.25, 0.3) is 0 Å². The zero-order valence-electron chi connectivity index (χ0n) is 14.0. The Balaban J connectivity index is 1.56. The molecular weight excluding hydrogens is 364 g/mol. The Kier molecular flexibility index (Phi) is 5.46. The normalized spacial score (nSPS) is 18.4. The summed E-state index contributed by atoms with van der Waals surface area (Å²) in [5.41, 5.74) is 0.0552. The minimum absolute atomic E-state index is 0.0160. The van der Waals surface area contributed by atoms with E-state index in [9.17, 15) is 19.7 Å². The first-order valence-electron chi connectivity index (χ1n) is 8.39. The van der Waals surface area contributed by atoms with Gasteiger partial charge in [0, 0.05) is 37.4 Å². The van der Waals surface area contributed by atoms with E-state index in [1.54, 1.807) is 9.80 Å². The predicted molar refractivity (Wildman–Crippen MR) is 94.4 cm³/mol. The molecule has 2 saturated heterocycles. The first-order valence-corrected chi connectivity index (χ1v) is 8.77. The third-order valence-electron chi connectivity index (χ3n) is 4.59. The quantitative estimate of drug-likeness (QED) is 0.638. The summed E-state index contributed by atoms with van der Waals surface area (Å²) >= 11 is 5.77. The number of nitrogens with one attached hydrogen (secondary N) is 1. The van der Waals surface area contributed by atoms with Gasteiger partial charge in [-0.15, -0.1) is 0 Å². The van der Waals surface area contributed by atoms with E-state index in [-0.39, 0.29) is 28.9 Å². The maximum atomic E-state index is 12.4. The highest BCUT2D eigenvalue weighted by atomic mass is 35.5. The molecule has 0 saturated carbocycles. The number of amides is 3. The van der Waals surface area contributed by atoms with E-state index < -0.39 is 4.92 Å². The number of piperidine rings is 1. The van der Waals surface area contributed by atoms with Crippen molar-refractivity contribution in [2.24, 2.45) is 0 Å². The number of carbonyl (C=O) groups is 2. The summed E-state index contributed by atoms with van der Waals surface area (Å²) in [5.74, 6) is 0. The summed E-state index contributed by atoms with van der Waals surface area (Å²) in [5, 5.41) is 13.6. The molecule has 2 fully saturated rings. The van der Waals surface area contributed by atoms with Crippen molar-refractivity contribution in [1.82, 2.24) is 9.80 Å². The number of ether oxygens (including phenoxy) is 1. The van der Waals surface area contributed by atoms with E-state index in [1.807, 2.05) is 0 Å². The van der Waals surface area contributed by atoms with E-state index in [1.165, 1.54) is 18.2 Å². The van der Waals surface area contributed by atoms with Crippen LogP contribution in [0.15, 0.2) is 18.2 Å². The molecule has 0 bridgehead atoms. The van der Waals surface area contributed by atoms with Gasteiger partial charge in [-0.2, -0.15) is 0 Å². The molecule has 9 nitrogen and oxygen atoms in total. The van der Waals surface area contributed by atoms with Gasteiger partial charge >= 0.3 is 12.1 Å². The van der Waals surface area contributed by atoms with E-state index in [2.05, 4.69) is 5.32 Å². The largest absolute Gasteiger partial charge is 0.449 e. The standard InChI is InChI=1S/C16H19ClN4O5/c17-13-3-2-11(10-14(13)21(24)25)18-15(22)19-7-4-12(5-8-19)20-6-1-9-26-16(20)23/h2-3,10,12H,1,4-9H2,(H,18,22). The van der Waals surface area contributed by atoms with Gasteiger partial charge in [-0.3, -0.25) is 10.1 Å². The van der Waals surface area contributed by atoms with Crippen molar-refractivity contribution in [3.05, 3.63) is 33.3 Å². The van der Waals surface area contributed by atoms with Crippen LogP contribution in [-0.2, 0) is 4.74 Å². The summed E-state index contributed by atoms with van der Waals surface area (Å²) in [4.78, 5) is 37.9. The number of cyclic esters (lactones) is 1. The molecule has 26 heavy (non-hydrogen) atoms. The Morgan fingerprint density at radius 3 is 2.69 bits per heavy atom. The Morgan fingerprint density at radius 2 is 2.04 bits per heavy atom. The van der Waals surface area contributed by atoms with Gasteiger partial charge in [0.25, 0.3) is 5.69 Å². The molecule has 0 unspecified atom stereocenters. The molecule has 2 heterocycles. The van der Waals surface area contributed by atoms with Crippen molar-refractivity contribution >= 4 is 35.1 Å². The molecule has 1 aromatic rings. The van der Waals surface area contributed by atoms with Crippen LogP contribution in [0.5, 0.6) is 0 Å². The maximum absolute atomic E-state index is 12.4. The highest BCUT2D eigenvalue weighted by Crippen LogP contribution is 2.28. The third-order valence-corrected chi connectivity index (χ3v) is 4.91. The minimum Gasteiger partial charge on any atom is -0.449 e. The highest BCUT2D eigenvalue weighted by molar-refractivity contribution is 6.32. The zero-order valence-corrected chi connectivity index (χ0v) is 14.8. The number of anilines is 1. The number of benzene rings is 1. The van der Waals surface area contributed by atoms with Crippen LogP contribution < -0.4 is 5.32 Å². The maximum Gasteiger partial charge on any atom is 0.410 e. The smallest absolute Gasteiger partial charge is 0.410 e. The monoisotopic (exact) mass is 382 g/mol. The molecular formula is C16H19ClN4O5. The van der Waals surface area contributed by atoms with Crippen LogP contribution in [0.4, 0.5) is 21.0 Å². The lowest BCUT2D eigenvalue weighted by Crippen LogP contribution is -2.51. The lowest BCUT2D eigenvalue weighted by Gasteiger charge is -2.39. The first kappa shape index (κ1) is 18.2. The fourth-order valence-electron chi connectivity index (χ4n) is 3.21. The number of likely N-dealkylation sites (tertiary alicyclic amines) is 1. The molecule has 1 N–H and O–H groups in total. The van der Waals surface area contributed by atoms with Crippen molar-refractivity contribution in [2.75, 3.05) is 31.6 Å². The van der Waals surface area contributed by atoms with Crippen molar-refractivity contribution in [2.45, 2.75) is 25.3 Å². The number of halogens is 1. The Labute approximate surface area is 155 Å². The average molecular weight is 383 g/mol.